The van der Waals surface area contributed by atoms with Gasteiger partial charge in [-0.05, 0) is 23.3 Å². The lowest BCUT2D eigenvalue weighted by Gasteiger charge is -2.24. The van der Waals surface area contributed by atoms with Gasteiger partial charge in [-0.2, -0.15) is 12.6 Å². The topological polar surface area (TPSA) is 26.3 Å². The number of ether oxygens (including phenoxy) is 1. The molecule has 22 heavy (non-hydrogen) atoms. The Morgan fingerprint density at radius 3 is 2.36 bits per heavy atom. The molecule has 2 unspecified atom stereocenters. The van der Waals surface area contributed by atoms with Gasteiger partial charge in [-0.3, -0.25) is 4.79 Å². The second kappa shape index (κ2) is 7.99. The summed E-state index contributed by atoms with van der Waals surface area (Å²) in [5.41, 5.74) is 1.90. The van der Waals surface area contributed by atoms with Crippen molar-refractivity contribution in [1.29, 1.82) is 0 Å². The Balaban J connectivity index is 2.18. The summed E-state index contributed by atoms with van der Waals surface area (Å²) in [5.74, 6) is -0.543. The van der Waals surface area contributed by atoms with Crippen molar-refractivity contribution in [2.45, 2.75) is 31.1 Å². The molecule has 0 aliphatic rings. The van der Waals surface area contributed by atoms with Gasteiger partial charge in [0.1, 0.15) is 11.9 Å². The maximum atomic E-state index is 13.0. The van der Waals surface area contributed by atoms with Crippen LogP contribution in [0, 0.1) is 5.82 Å². The summed E-state index contributed by atoms with van der Waals surface area (Å²) in [6.07, 6.45) is 0.410. The van der Waals surface area contributed by atoms with Crippen LogP contribution in [0.2, 0.25) is 0 Å². The van der Waals surface area contributed by atoms with Crippen molar-refractivity contribution in [3.8, 4) is 0 Å². The number of hydrogen-bond acceptors (Lipinski definition) is 3. The van der Waals surface area contributed by atoms with Crippen LogP contribution >= 0.6 is 12.6 Å². The molecule has 2 nitrogen and oxygen atoms in total. The molecular formula is C18H19FO2S. The molecule has 0 amide bonds. The third-order valence-electron chi connectivity index (χ3n) is 3.41. The second-order valence-electron chi connectivity index (χ2n) is 5.07. The van der Waals surface area contributed by atoms with E-state index in [-0.39, 0.29) is 17.0 Å². The molecule has 0 aliphatic heterocycles. The van der Waals surface area contributed by atoms with Crippen LogP contribution in [0.1, 0.15) is 29.7 Å². The van der Waals surface area contributed by atoms with Crippen molar-refractivity contribution >= 4 is 18.6 Å². The SMILES string of the molecule is CCC(=O)OC(Cc1ccc(F)cc1)C(S)c1ccccc1. The number of carbonyl (C=O) groups is 1. The molecule has 0 N–H and O–H groups in total. The van der Waals surface area contributed by atoms with Gasteiger partial charge in [-0.25, -0.2) is 4.39 Å². The largest absolute Gasteiger partial charge is 0.460 e. The van der Waals surface area contributed by atoms with Gasteiger partial charge in [-0.1, -0.05) is 49.4 Å². The first-order chi connectivity index (χ1) is 10.6. The number of carbonyl (C=O) groups excluding carboxylic acids is 1. The minimum atomic E-state index is -0.399. The van der Waals surface area contributed by atoms with Gasteiger partial charge < -0.3 is 4.74 Å². The van der Waals surface area contributed by atoms with Crippen molar-refractivity contribution in [2.24, 2.45) is 0 Å². The minimum Gasteiger partial charge on any atom is -0.460 e. The molecule has 0 fully saturated rings. The fraction of sp³-hybridized carbons (Fsp3) is 0.278. The van der Waals surface area contributed by atoms with Gasteiger partial charge in [0, 0.05) is 12.8 Å². The van der Waals surface area contributed by atoms with Gasteiger partial charge >= 0.3 is 5.97 Å². The molecule has 0 bridgehead atoms. The third-order valence-corrected chi connectivity index (χ3v) is 4.05. The number of hydrogen-bond donors (Lipinski definition) is 1. The lowest BCUT2D eigenvalue weighted by atomic mass is 10.0. The first kappa shape index (κ1) is 16.6. The van der Waals surface area contributed by atoms with Crippen molar-refractivity contribution in [1.82, 2.24) is 0 Å². The number of benzene rings is 2. The molecule has 0 radical (unpaired) electrons. The molecule has 0 aromatic heterocycles. The highest BCUT2D eigenvalue weighted by Gasteiger charge is 2.23. The average molecular weight is 318 g/mol. The van der Waals surface area contributed by atoms with Crippen LogP contribution in [-0.2, 0) is 16.0 Å². The zero-order chi connectivity index (χ0) is 15.9. The maximum Gasteiger partial charge on any atom is 0.305 e. The minimum absolute atomic E-state index is 0.234. The molecule has 0 saturated carbocycles. The van der Waals surface area contributed by atoms with E-state index in [0.717, 1.165) is 11.1 Å². The van der Waals surface area contributed by atoms with Gasteiger partial charge in [-0.15, -0.1) is 0 Å². The van der Waals surface area contributed by atoms with E-state index < -0.39 is 6.10 Å². The first-order valence-electron chi connectivity index (χ1n) is 7.27. The summed E-state index contributed by atoms with van der Waals surface area (Å²) in [5, 5.41) is -0.234. The zero-order valence-corrected chi connectivity index (χ0v) is 13.3. The summed E-state index contributed by atoms with van der Waals surface area (Å²) in [4.78, 5) is 11.7. The summed E-state index contributed by atoms with van der Waals surface area (Å²) in [6, 6.07) is 15.9. The quantitative estimate of drug-likeness (QED) is 0.632. The summed E-state index contributed by atoms with van der Waals surface area (Å²) < 4.78 is 18.6. The highest BCUT2D eigenvalue weighted by atomic mass is 32.1. The molecule has 0 saturated heterocycles. The molecule has 2 rings (SSSR count). The van der Waals surface area contributed by atoms with E-state index >= 15 is 0 Å². The molecule has 2 aromatic carbocycles. The predicted octanol–water partition coefficient (Wildman–Crippen LogP) is 4.36. The van der Waals surface area contributed by atoms with Crippen molar-refractivity contribution in [2.75, 3.05) is 0 Å². The summed E-state index contributed by atoms with van der Waals surface area (Å²) in [6.45, 7) is 1.76. The molecular weight excluding hydrogens is 299 g/mol. The molecule has 4 heteroatoms. The number of halogens is 1. The third kappa shape index (κ3) is 4.60. The van der Waals surface area contributed by atoms with E-state index in [4.69, 9.17) is 4.74 Å². The van der Waals surface area contributed by atoms with Crippen LogP contribution in [0.15, 0.2) is 54.6 Å². The normalized spacial score (nSPS) is 13.4. The van der Waals surface area contributed by atoms with Crippen LogP contribution in [0.3, 0.4) is 0 Å². The second-order valence-corrected chi connectivity index (χ2v) is 5.62. The molecule has 116 valence electrons. The number of esters is 1. The van der Waals surface area contributed by atoms with E-state index in [2.05, 4.69) is 12.6 Å². The Bertz CT molecular complexity index is 598. The van der Waals surface area contributed by atoms with Gasteiger partial charge in [0.2, 0.25) is 0 Å². The number of rotatable bonds is 6. The maximum absolute atomic E-state index is 13.0. The van der Waals surface area contributed by atoms with E-state index in [0.29, 0.717) is 12.8 Å². The van der Waals surface area contributed by atoms with Gasteiger partial charge in [0.15, 0.2) is 0 Å². The zero-order valence-electron chi connectivity index (χ0n) is 12.4. The van der Waals surface area contributed by atoms with Crippen LogP contribution in [0.4, 0.5) is 4.39 Å². The standard InChI is InChI=1S/C18H19FO2S/c1-2-17(20)21-16(12-13-8-10-15(19)11-9-13)18(22)14-6-4-3-5-7-14/h3-11,16,18,22H,2,12H2,1H3. The Kier molecular flexibility index (Phi) is 6.01. The molecule has 0 spiro atoms. The lowest BCUT2D eigenvalue weighted by molar-refractivity contribution is -0.148. The van der Waals surface area contributed by atoms with Crippen LogP contribution in [-0.4, -0.2) is 12.1 Å². The molecule has 0 aliphatic carbocycles. The van der Waals surface area contributed by atoms with Crippen LogP contribution in [0.25, 0.3) is 0 Å². The van der Waals surface area contributed by atoms with Crippen molar-refractivity contribution < 1.29 is 13.9 Å². The fourth-order valence-corrected chi connectivity index (χ4v) is 2.53. The van der Waals surface area contributed by atoms with E-state index in [1.807, 2.05) is 30.3 Å². The highest BCUT2D eigenvalue weighted by molar-refractivity contribution is 7.80. The smallest absolute Gasteiger partial charge is 0.305 e. The lowest BCUT2D eigenvalue weighted by Crippen LogP contribution is -2.25. The predicted molar refractivity (Wildman–Crippen MR) is 88.4 cm³/mol. The molecule has 2 aromatic rings. The van der Waals surface area contributed by atoms with Crippen LogP contribution < -0.4 is 0 Å². The van der Waals surface area contributed by atoms with Crippen molar-refractivity contribution in [3.05, 3.63) is 71.5 Å². The Hall–Kier alpha value is -1.81. The van der Waals surface area contributed by atoms with E-state index in [9.17, 15) is 9.18 Å². The highest BCUT2D eigenvalue weighted by Crippen LogP contribution is 2.28. The Morgan fingerprint density at radius 2 is 1.77 bits per heavy atom. The van der Waals surface area contributed by atoms with Crippen LogP contribution in [0.5, 0.6) is 0 Å². The van der Waals surface area contributed by atoms with Gasteiger partial charge in [0.05, 0.1) is 5.25 Å². The summed E-state index contributed by atoms with van der Waals surface area (Å²) >= 11 is 4.63. The molecule has 0 heterocycles. The summed E-state index contributed by atoms with van der Waals surface area (Å²) in [7, 11) is 0. The average Bonchev–Trinajstić information content (AvgIpc) is 2.56. The van der Waals surface area contributed by atoms with E-state index in [1.165, 1.54) is 12.1 Å². The first-order valence-corrected chi connectivity index (χ1v) is 7.78. The Morgan fingerprint density at radius 1 is 1.14 bits per heavy atom. The van der Waals surface area contributed by atoms with Crippen molar-refractivity contribution in [3.63, 3.8) is 0 Å². The van der Waals surface area contributed by atoms with E-state index in [1.54, 1.807) is 19.1 Å². The number of thiol groups is 1. The monoisotopic (exact) mass is 318 g/mol. The Labute approximate surface area is 135 Å². The fourth-order valence-electron chi connectivity index (χ4n) is 2.19. The molecule has 2 atom stereocenters. The van der Waals surface area contributed by atoms with Gasteiger partial charge in [0.25, 0.3) is 0 Å².